The number of pyridine rings is 2. The molecule has 0 aliphatic rings. The van der Waals surface area contributed by atoms with E-state index in [1.54, 1.807) is 12.1 Å². The summed E-state index contributed by atoms with van der Waals surface area (Å²) in [7, 11) is 1.22. The molecule has 0 aliphatic heterocycles. The minimum Gasteiger partial charge on any atom is -0.395 e. The zero-order valence-electron chi connectivity index (χ0n) is 15.5. The van der Waals surface area contributed by atoms with Crippen molar-refractivity contribution in [1.82, 2.24) is 15.3 Å². The first-order chi connectivity index (χ1) is 14.2. The predicted octanol–water partition coefficient (Wildman–Crippen LogP) is 3.60. The van der Waals surface area contributed by atoms with Crippen LogP contribution < -0.4 is 11.1 Å². The lowest BCUT2D eigenvalue weighted by atomic mass is 10.1. The van der Waals surface area contributed by atoms with Gasteiger partial charge in [0, 0.05) is 35.8 Å². The van der Waals surface area contributed by atoms with Gasteiger partial charge in [-0.3, -0.25) is 19.8 Å². The highest BCUT2D eigenvalue weighted by Gasteiger charge is 2.31. The van der Waals surface area contributed by atoms with Crippen LogP contribution in [0.15, 0.2) is 65.6 Å². The number of carbonyl (C=O) groups excluding carboxylic acids is 1. The third-order valence-corrected chi connectivity index (χ3v) is 4.07. The Morgan fingerprint density at radius 2 is 1.90 bits per heavy atom. The maximum atomic E-state index is 13.0. The molecular weight excluding hydrogens is 402 g/mol. The van der Waals surface area contributed by atoms with Gasteiger partial charge in [0.15, 0.2) is 0 Å². The normalized spacial score (nSPS) is 12.8. The van der Waals surface area contributed by atoms with Gasteiger partial charge in [0.2, 0.25) is 0 Å². The van der Waals surface area contributed by atoms with Crippen LogP contribution in [-0.2, 0) is 0 Å². The number of nitrogens with zero attached hydrogens (tertiary/aromatic N) is 3. The van der Waals surface area contributed by atoms with E-state index in [4.69, 9.17) is 5.73 Å². The van der Waals surface area contributed by atoms with Crippen molar-refractivity contribution in [2.75, 3.05) is 7.05 Å². The van der Waals surface area contributed by atoms with E-state index in [9.17, 15) is 22.4 Å². The van der Waals surface area contributed by atoms with Crippen molar-refractivity contribution in [2.45, 2.75) is 6.18 Å². The Labute approximate surface area is 168 Å². The van der Waals surface area contributed by atoms with Gasteiger partial charge < -0.3 is 11.1 Å². The van der Waals surface area contributed by atoms with Crippen LogP contribution in [0.5, 0.6) is 0 Å². The summed E-state index contributed by atoms with van der Waals surface area (Å²) in [4.78, 5) is 24.3. The van der Waals surface area contributed by atoms with Crippen LogP contribution in [0.25, 0.3) is 22.2 Å². The molecule has 0 radical (unpaired) electrons. The molecule has 3 rings (SSSR count). The molecule has 0 saturated carbocycles. The number of alkyl halides is 3. The summed E-state index contributed by atoms with van der Waals surface area (Å²) >= 11 is 0. The summed E-state index contributed by atoms with van der Waals surface area (Å²) in [6.07, 6.45) is -1.57. The molecule has 10 heteroatoms. The summed E-state index contributed by atoms with van der Waals surface area (Å²) in [5.41, 5.74) is 5.41. The van der Waals surface area contributed by atoms with E-state index in [1.807, 2.05) is 0 Å². The highest BCUT2D eigenvalue weighted by Crippen LogP contribution is 2.23. The van der Waals surface area contributed by atoms with Crippen LogP contribution in [-0.4, -0.2) is 34.9 Å². The predicted molar refractivity (Wildman–Crippen MR) is 104 cm³/mol. The number of hydrogen-bond donors (Lipinski definition) is 2. The lowest BCUT2D eigenvalue weighted by molar-refractivity contribution is -0.0925. The number of allylic oxidation sites excluding steroid dienone is 1. The SMILES string of the molecule is CN=C(/C=C(\N)C(F)(F)F)NC(=O)c1ccc2cc(-c3ccc(F)cn3)cnc2c1. The molecule has 0 spiro atoms. The van der Waals surface area contributed by atoms with Gasteiger partial charge >= 0.3 is 6.18 Å². The number of halogens is 4. The Hall–Kier alpha value is -3.82. The lowest BCUT2D eigenvalue weighted by Gasteiger charge is -2.09. The number of nitrogens with two attached hydrogens (primary N) is 1. The highest BCUT2D eigenvalue weighted by molar-refractivity contribution is 6.11. The number of fused-ring (bicyclic) bond motifs is 1. The van der Waals surface area contributed by atoms with Gasteiger partial charge in [0.05, 0.1) is 17.4 Å². The number of benzene rings is 1. The van der Waals surface area contributed by atoms with Crippen molar-refractivity contribution < 1.29 is 22.4 Å². The number of amidine groups is 1. The maximum absolute atomic E-state index is 13.0. The summed E-state index contributed by atoms with van der Waals surface area (Å²) in [6.45, 7) is 0. The molecular formula is C20H15F4N5O. The number of nitrogens with one attached hydrogen (secondary N) is 1. The first-order valence-corrected chi connectivity index (χ1v) is 8.51. The van der Waals surface area contributed by atoms with Gasteiger partial charge in [0.25, 0.3) is 5.91 Å². The first-order valence-electron chi connectivity index (χ1n) is 8.51. The third kappa shape index (κ3) is 4.77. The quantitative estimate of drug-likeness (QED) is 0.387. The van der Waals surface area contributed by atoms with Crippen LogP contribution in [0, 0.1) is 5.82 Å². The average molecular weight is 417 g/mol. The van der Waals surface area contributed by atoms with E-state index in [-0.39, 0.29) is 11.4 Å². The van der Waals surface area contributed by atoms with Gasteiger partial charge in [-0.1, -0.05) is 6.07 Å². The fraction of sp³-hybridized carbons (Fsp3) is 0.100. The molecule has 1 aromatic carbocycles. The number of aliphatic imine (C=N–C) groups is 1. The zero-order valence-corrected chi connectivity index (χ0v) is 15.5. The molecule has 0 bridgehead atoms. The van der Waals surface area contributed by atoms with Crippen LogP contribution in [0.2, 0.25) is 0 Å². The molecule has 154 valence electrons. The third-order valence-electron chi connectivity index (χ3n) is 4.07. The summed E-state index contributed by atoms with van der Waals surface area (Å²) in [6, 6.07) is 9.18. The second-order valence-electron chi connectivity index (χ2n) is 6.15. The summed E-state index contributed by atoms with van der Waals surface area (Å²) in [5.74, 6) is -1.46. The van der Waals surface area contributed by atoms with Crippen molar-refractivity contribution in [1.29, 1.82) is 0 Å². The van der Waals surface area contributed by atoms with Gasteiger partial charge in [-0.15, -0.1) is 0 Å². The van der Waals surface area contributed by atoms with Crippen molar-refractivity contribution >= 4 is 22.6 Å². The minimum absolute atomic E-state index is 0.169. The molecule has 0 saturated heterocycles. The Balaban J connectivity index is 1.83. The van der Waals surface area contributed by atoms with Gasteiger partial charge in [0.1, 0.15) is 17.3 Å². The largest absolute Gasteiger partial charge is 0.430 e. The minimum atomic E-state index is -4.73. The highest BCUT2D eigenvalue weighted by atomic mass is 19.4. The lowest BCUT2D eigenvalue weighted by Crippen LogP contribution is -2.31. The molecule has 30 heavy (non-hydrogen) atoms. The molecule has 0 atom stereocenters. The van der Waals surface area contributed by atoms with E-state index >= 15 is 0 Å². The standard InChI is InChI=1S/C20H15F4N5O/c1-26-18(8-17(25)20(22,23)24)29-19(30)12-3-2-11-6-13(9-27-16(11)7-12)15-5-4-14(21)10-28-15/h2-10H,25H2,1H3,(H,26,29,30)/b17-8-. The van der Waals surface area contributed by atoms with E-state index in [2.05, 4.69) is 20.3 Å². The fourth-order valence-corrected chi connectivity index (χ4v) is 2.52. The summed E-state index contributed by atoms with van der Waals surface area (Å²) in [5, 5.41) is 2.97. The molecule has 6 nitrogen and oxygen atoms in total. The second-order valence-corrected chi connectivity index (χ2v) is 6.15. The topological polar surface area (TPSA) is 93.3 Å². The van der Waals surface area contributed by atoms with Crippen molar-refractivity contribution in [3.8, 4) is 11.3 Å². The number of carbonyl (C=O) groups is 1. The number of hydrogen-bond acceptors (Lipinski definition) is 5. The Morgan fingerprint density at radius 1 is 1.13 bits per heavy atom. The van der Waals surface area contributed by atoms with Crippen LogP contribution in [0.3, 0.4) is 0 Å². The summed E-state index contributed by atoms with van der Waals surface area (Å²) < 4.78 is 50.7. The molecule has 0 unspecified atom stereocenters. The fourth-order valence-electron chi connectivity index (χ4n) is 2.52. The van der Waals surface area contributed by atoms with E-state index < -0.39 is 23.6 Å². The molecule has 1 amide bonds. The molecule has 0 fully saturated rings. The maximum Gasteiger partial charge on any atom is 0.430 e. The van der Waals surface area contributed by atoms with Crippen LogP contribution >= 0.6 is 0 Å². The number of rotatable bonds is 3. The molecule has 2 heterocycles. The second kappa shape index (κ2) is 8.27. The van der Waals surface area contributed by atoms with Crippen LogP contribution in [0.4, 0.5) is 17.6 Å². The van der Waals surface area contributed by atoms with Gasteiger partial charge in [-0.25, -0.2) is 4.39 Å². The number of amides is 1. The molecule has 3 aromatic rings. The first kappa shape index (κ1) is 20.9. The average Bonchev–Trinajstić information content (AvgIpc) is 2.72. The van der Waals surface area contributed by atoms with Crippen LogP contribution in [0.1, 0.15) is 10.4 Å². The van der Waals surface area contributed by atoms with E-state index in [0.29, 0.717) is 28.2 Å². The smallest absolute Gasteiger partial charge is 0.395 e. The monoisotopic (exact) mass is 417 g/mol. The molecule has 2 aromatic heterocycles. The Kier molecular flexibility index (Phi) is 5.77. The van der Waals surface area contributed by atoms with E-state index in [0.717, 1.165) is 6.20 Å². The van der Waals surface area contributed by atoms with Crippen molar-refractivity contribution in [2.24, 2.45) is 10.7 Å². The van der Waals surface area contributed by atoms with Crippen molar-refractivity contribution in [3.63, 3.8) is 0 Å². The Bertz CT molecular complexity index is 1150. The molecule has 0 aliphatic carbocycles. The molecule has 3 N–H and O–H groups in total. The number of aromatic nitrogens is 2. The van der Waals surface area contributed by atoms with Crippen molar-refractivity contribution in [3.05, 3.63) is 71.9 Å². The Morgan fingerprint density at radius 3 is 2.53 bits per heavy atom. The zero-order chi connectivity index (χ0) is 21.9. The van der Waals surface area contributed by atoms with Gasteiger partial charge in [-0.2, -0.15) is 13.2 Å². The van der Waals surface area contributed by atoms with Gasteiger partial charge in [-0.05, 0) is 30.3 Å². The van der Waals surface area contributed by atoms with E-state index in [1.165, 1.54) is 37.5 Å².